The highest BCUT2D eigenvalue weighted by molar-refractivity contribution is 5.93. The molecular weight excluding hydrogens is 208 g/mol. The van der Waals surface area contributed by atoms with Crippen LogP contribution in [0.15, 0.2) is 27.6 Å². The van der Waals surface area contributed by atoms with Gasteiger partial charge in [-0.15, -0.1) is 0 Å². The van der Waals surface area contributed by atoms with Gasteiger partial charge >= 0.3 is 5.63 Å². The Morgan fingerprint density at radius 1 is 1.44 bits per heavy atom. The fraction of sp³-hybridized carbons (Fsp3) is 0.455. The standard InChI is InChI=1S/C11H14N2O3/c12-8-2-1-3-9(8)13-11(15)7-4-5-10(14)16-6-7/h4-6,8-9H,1-3,12H2,(H,13,15). The Kier molecular flexibility index (Phi) is 3.05. The maximum Gasteiger partial charge on any atom is 0.335 e. The third kappa shape index (κ3) is 2.30. The van der Waals surface area contributed by atoms with E-state index < -0.39 is 5.63 Å². The number of carbonyl (C=O) groups excluding carboxylic acids is 1. The van der Waals surface area contributed by atoms with E-state index in [2.05, 4.69) is 9.73 Å². The average molecular weight is 222 g/mol. The van der Waals surface area contributed by atoms with Crippen LogP contribution in [0.3, 0.4) is 0 Å². The summed E-state index contributed by atoms with van der Waals surface area (Å²) in [4.78, 5) is 22.5. The van der Waals surface area contributed by atoms with Crippen LogP contribution < -0.4 is 16.7 Å². The summed E-state index contributed by atoms with van der Waals surface area (Å²) in [6.45, 7) is 0. The molecule has 16 heavy (non-hydrogen) atoms. The lowest BCUT2D eigenvalue weighted by Crippen LogP contribution is -2.44. The molecule has 1 heterocycles. The largest absolute Gasteiger partial charge is 0.430 e. The van der Waals surface area contributed by atoms with Gasteiger partial charge in [-0.05, 0) is 25.3 Å². The van der Waals surface area contributed by atoms with E-state index >= 15 is 0 Å². The maximum atomic E-state index is 11.7. The van der Waals surface area contributed by atoms with E-state index in [1.54, 1.807) is 0 Å². The molecule has 0 saturated heterocycles. The molecule has 0 radical (unpaired) electrons. The van der Waals surface area contributed by atoms with Gasteiger partial charge in [-0.25, -0.2) is 4.79 Å². The lowest BCUT2D eigenvalue weighted by atomic mass is 10.1. The van der Waals surface area contributed by atoms with Crippen molar-refractivity contribution < 1.29 is 9.21 Å². The van der Waals surface area contributed by atoms with Gasteiger partial charge in [-0.3, -0.25) is 4.79 Å². The Hall–Kier alpha value is -1.62. The van der Waals surface area contributed by atoms with Crippen molar-refractivity contribution in [1.29, 1.82) is 0 Å². The molecule has 1 fully saturated rings. The molecule has 1 aliphatic carbocycles. The first-order valence-corrected chi connectivity index (χ1v) is 5.32. The third-order valence-electron chi connectivity index (χ3n) is 2.85. The molecule has 1 amide bonds. The summed E-state index contributed by atoms with van der Waals surface area (Å²) in [6.07, 6.45) is 4.05. The second-order valence-corrected chi connectivity index (χ2v) is 4.02. The molecule has 0 aromatic carbocycles. The molecule has 2 unspecified atom stereocenters. The number of nitrogens with two attached hydrogens (primary N) is 1. The van der Waals surface area contributed by atoms with Crippen LogP contribution >= 0.6 is 0 Å². The lowest BCUT2D eigenvalue weighted by molar-refractivity contribution is 0.0932. The van der Waals surface area contributed by atoms with Gasteiger partial charge in [0.05, 0.1) is 5.56 Å². The van der Waals surface area contributed by atoms with E-state index in [4.69, 9.17) is 5.73 Å². The lowest BCUT2D eigenvalue weighted by Gasteiger charge is -2.16. The number of nitrogens with one attached hydrogen (secondary N) is 1. The molecule has 3 N–H and O–H groups in total. The smallest absolute Gasteiger partial charge is 0.335 e. The summed E-state index contributed by atoms with van der Waals surface area (Å²) < 4.78 is 4.62. The number of hydrogen-bond donors (Lipinski definition) is 2. The van der Waals surface area contributed by atoms with Crippen molar-refractivity contribution in [1.82, 2.24) is 5.32 Å². The van der Waals surface area contributed by atoms with E-state index in [-0.39, 0.29) is 18.0 Å². The Balaban J connectivity index is 2.02. The predicted octanol–water partition coefficient (Wildman–Crippen LogP) is 0.249. The second kappa shape index (κ2) is 4.49. The number of hydrogen-bond acceptors (Lipinski definition) is 4. The zero-order chi connectivity index (χ0) is 11.5. The fourth-order valence-electron chi connectivity index (χ4n) is 1.91. The van der Waals surface area contributed by atoms with Gasteiger partial charge in [-0.2, -0.15) is 0 Å². The van der Waals surface area contributed by atoms with E-state index in [1.165, 1.54) is 12.1 Å². The molecule has 86 valence electrons. The first kappa shape index (κ1) is 10.9. The Bertz CT molecular complexity index is 421. The van der Waals surface area contributed by atoms with Gasteiger partial charge in [0.1, 0.15) is 6.26 Å². The van der Waals surface area contributed by atoms with Crippen molar-refractivity contribution >= 4 is 5.91 Å². The minimum atomic E-state index is -0.464. The molecule has 5 nitrogen and oxygen atoms in total. The van der Waals surface area contributed by atoms with Gasteiger partial charge < -0.3 is 15.5 Å². The first-order valence-electron chi connectivity index (χ1n) is 5.32. The summed E-state index contributed by atoms with van der Waals surface area (Å²) in [5.41, 5.74) is 5.72. The van der Waals surface area contributed by atoms with Crippen LogP contribution in [-0.2, 0) is 0 Å². The summed E-state index contributed by atoms with van der Waals surface area (Å²) in [5, 5.41) is 2.84. The molecule has 1 aromatic rings. The minimum absolute atomic E-state index is 0.0272. The van der Waals surface area contributed by atoms with Crippen LogP contribution in [0.1, 0.15) is 29.6 Å². The molecule has 1 saturated carbocycles. The monoisotopic (exact) mass is 222 g/mol. The predicted molar refractivity (Wildman–Crippen MR) is 58.1 cm³/mol. The fourth-order valence-corrected chi connectivity index (χ4v) is 1.91. The molecule has 1 aliphatic rings. The van der Waals surface area contributed by atoms with Crippen molar-refractivity contribution in [2.75, 3.05) is 0 Å². The highest BCUT2D eigenvalue weighted by Gasteiger charge is 2.25. The summed E-state index contributed by atoms with van der Waals surface area (Å²) >= 11 is 0. The maximum absolute atomic E-state index is 11.7. The summed E-state index contributed by atoms with van der Waals surface area (Å²) in [6, 6.07) is 2.73. The van der Waals surface area contributed by atoms with Crippen LogP contribution in [-0.4, -0.2) is 18.0 Å². The normalized spacial score (nSPS) is 24.3. The van der Waals surface area contributed by atoms with E-state index in [9.17, 15) is 9.59 Å². The van der Waals surface area contributed by atoms with Crippen molar-refractivity contribution in [3.63, 3.8) is 0 Å². The van der Waals surface area contributed by atoms with Gasteiger partial charge in [0.2, 0.25) is 0 Å². The number of rotatable bonds is 2. The van der Waals surface area contributed by atoms with Gasteiger partial charge in [0, 0.05) is 18.2 Å². The zero-order valence-corrected chi connectivity index (χ0v) is 8.81. The van der Waals surface area contributed by atoms with Gasteiger partial charge in [0.15, 0.2) is 0 Å². The van der Waals surface area contributed by atoms with Crippen molar-refractivity contribution in [2.45, 2.75) is 31.3 Å². The minimum Gasteiger partial charge on any atom is -0.430 e. The Morgan fingerprint density at radius 2 is 2.25 bits per heavy atom. The highest BCUT2D eigenvalue weighted by Crippen LogP contribution is 2.17. The highest BCUT2D eigenvalue weighted by atomic mass is 16.4. The van der Waals surface area contributed by atoms with Crippen LogP contribution in [0.5, 0.6) is 0 Å². The summed E-state index contributed by atoms with van der Waals surface area (Å²) in [5.74, 6) is -0.244. The molecule has 5 heteroatoms. The van der Waals surface area contributed by atoms with Crippen molar-refractivity contribution in [3.8, 4) is 0 Å². The van der Waals surface area contributed by atoms with Gasteiger partial charge in [-0.1, -0.05) is 0 Å². The first-order chi connectivity index (χ1) is 7.66. The van der Waals surface area contributed by atoms with Crippen molar-refractivity contribution in [3.05, 3.63) is 34.4 Å². The van der Waals surface area contributed by atoms with E-state index in [1.807, 2.05) is 0 Å². The van der Waals surface area contributed by atoms with E-state index in [0.29, 0.717) is 5.56 Å². The SMILES string of the molecule is NC1CCCC1NC(=O)c1ccc(=O)oc1. The molecule has 0 aliphatic heterocycles. The average Bonchev–Trinajstić information content (AvgIpc) is 2.65. The van der Waals surface area contributed by atoms with Crippen LogP contribution in [0.4, 0.5) is 0 Å². The molecule has 2 atom stereocenters. The molecule has 2 rings (SSSR count). The number of amides is 1. The third-order valence-corrected chi connectivity index (χ3v) is 2.85. The summed E-state index contributed by atoms with van der Waals surface area (Å²) in [7, 11) is 0. The Morgan fingerprint density at radius 3 is 2.81 bits per heavy atom. The van der Waals surface area contributed by atoms with Crippen LogP contribution in [0, 0.1) is 0 Å². The zero-order valence-electron chi connectivity index (χ0n) is 8.81. The molecule has 0 spiro atoms. The topological polar surface area (TPSA) is 85.3 Å². The second-order valence-electron chi connectivity index (χ2n) is 4.02. The quantitative estimate of drug-likeness (QED) is 0.751. The molecule has 1 aromatic heterocycles. The number of carbonyl (C=O) groups is 1. The van der Waals surface area contributed by atoms with Gasteiger partial charge in [0.25, 0.3) is 5.91 Å². The Labute approximate surface area is 92.6 Å². The van der Waals surface area contributed by atoms with E-state index in [0.717, 1.165) is 25.5 Å². The van der Waals surface area contributed by atoms with Crippen LogP contribution in [0.2, 0.25) is 0 Å². The van der Waals surface area contributed by atoms with Crippen molar-refractivity contribution in [2.24, 2.45) is 5.73 Å². The molecule has 0 bridgehead atoms. The van der Waals surface area contributed by atoms with Crippen LogP contribution in [0.25, 0.3) is 0 Å². The molecular formula is C11H14N2O3.